The molecule has 0 fully saturated rings. The fourth-order valence-electron chi connectivity index (χ4n) is 3.62. The first-order valence-electron chi connectivity index (χ1n) is 10.0. The second-order valence-corrected chi connectivity index (χ2v) is 7.34. The van der Waals surface area contributed by atoms with E-state index in [1.54, 1.807) is 54.6 Å². The van der Waals surface area contributed by atoms with E-state index in [4.69, 9.17) is 4.74 Å². The monoisotopic (exact) mass is 452 g/mol. The van der Waals surface area contributed by atoms with Gasteiger partial charge < -0.3 is 10.1 Å². The number of rotatable bonds is 6. The molecule has 1 aliphatic heterocycles. The summed E-state index contributed by atoms with van der Waals surface area (Å²) in [5.41, 5.74) is 0.506. The van der Waals surface area contributed by atoms with E-state index in [1.165, 1.54) is 19.2 Å². The standard InChI is InChI=1S/C25H19F3N2O3/c1-33-20-13-6-5-12-19(20)29-22-21(17-9-3-2-4-10-17)23(31)30(24(22)32)15-16-8-7-11-18(14-16)25(26,27)28/h2-14,29H,15H2,1H3. The minimum absolute atomic E-state index is 0.0303. The van der Waals surface area contributed by atoms with E-state index in [0.29, 0.717) is 17.0 Å². The molecule has 33 heavy (non-hydrogen) atoms. The van der Waals surface area contributed by atoms with Gasteiger partial charge in [-0.05, 0) is 35.4 Å². The van der Waals surface area contributed by atoms with Crippen molar-refractivity contribution in [3.8, 4) is 5.75 Å². The molecule has 0 unspecified atom stereocenters. The van der Waals surface area contributed by atoms with Crippen LogP contribution in [0.4, 0.5) is 18.9 Å². The molecule has 0 radical (unpaired) electrons. The first-order valence-corrected chi connectivity index (χ1v) is 10.0. The summed E-state index contributed by atoms with van der Waals surface area (Å²) < 4.78 is 44.7. The minimum Gasteiger partial charge on any atom is -0.495 e. The first kappa shape index (κ1) is 22.1. The lowest BCUT2D eigenvalue weighted by Crippen LogP contribution is -2.32. The second kappa shape index (κ2) is 8.82. The molecular formula is C25H19F3N2O3. The van der Waals surface area contributed by atoms with Crippen LogP contribution in [-0.4, -0.2) is 23.8 Å². The Morgan fingerprint density at radius 1 is 0.879 bits per heavy atom. The van der Waals surface area contributed by atoms with E-state index in [-0.39, 0.29) is 23.4 Å². The van der Waals surface area contributed by atoms with Crippen LogP contribution in [0.25, 0.3) is 5.57 Å². The molecule has 2 amide bonds. The third-order valence-electron chi connectivity index (χ3n) is 5.19. The molecule has 4 rings (SSSR count). The Labute approximate surface area is 188 Å². The van der Waals surface area contributed by atoms with E-state index >= 15 is 0 Å². The predicted octanol–water partition coefficient (Wildman–Crippen LogP) is 5.11. The molecule has 3 aromatic rings. The number of nitrogens with zero attached hydrogens (tertiary/aromatic N) is 1. The van der Waals surface area contributed by atoms with Gasteiger partial charge in [0, 0.05) is 0 Å². The van der Waals surface area contributed by atoms with Crippen molar-refractivity contribution in [2.45, 2.75) is 12.7 Å². The topological polar surface area (TPSA) is 58.6 Å². The van der Waals surface area contributed by atoms with E-state index in [9.17, 15) is 22.8 Å². The Morgan fingerprint density at radius 3 is 2.27 bits per heavy atom. The third-order valence-corrected chi connectivity index (χ3v) is 5.19. The van der Waals surface area contributed by atoms with Crippen LogP contribution in [0.1, 0.15) is 16.7 Å². The van der Waals surface area contributed by atoms with E-state index < -0.39 is 23.6 Å². The molecule has 0 spiro atoms. The van der Waals surface area contributed by atoms with Gasteiger partial charge in [0.25, 0.3) is 11.8 Å². The van der Waals surface area contributed by atoms with Crippen LogP contribution < -0.4 is 10.1 Å². The molecule has 3 aromatic carbocycles. The van der Waals surface area contributed by atoms with Gasteiger partial charge in [0.05, 0.1) is 30.5 Å². The molecule has 1 N–H and O–H groups in total. The van der Waals surface area contributed by atoms with Crippen molar-refractivity contribution in [2.75, 3.05) is 12.4 Å². The van der Waals surface area contributed by atoms with Crippen LogP contribution in [0.5, 0.6) is 5.75 Å². The number of anilines is 1. The van der Waals surface area contributed by atoms with E-state index in [0.717, 1.165) is 17.0 Å². The number of nitrogens with one attached hydrogen (secondary N) is 1. The summed E-state index contributed by atoms with van der Waals surface area (Å²) in [5.74, 6) is -0.767. The van der Waals surface area contributed by atoms with Gasteiger partial charge in [-0.15, -0.1) is 0 Å². The highest BCUT2D eigenvalue weighted by molar-refractivity contribution is 6.36. The SMILES string of the molecule is COc1ccccc1NC1=C(c2ccccc2)C(=O)N(Cc2cccc(C(F)(F)F)c2)C1=O. The fourth-order valence-corrected chi connectivity index (χ4v) is 3.62. The molecule has 0 aliphatic carbocycles. The zero-order valence-corrected chi connectivity index (χ0v) is 17.5. The number of ether oxygens (including phenoxy) is 1. The van der Waals surface area contributed by atoms with Crippen LogP contribution >= 0.6 is 0 Å². The van der Waals surface area contributed by atoms with Crippen LogP contribution in [-0.2, 0) is 22.3 Å². The third kappa shape index (κ3) is 4.45. The molecule has 1 aliphatic rings. The van der Waals surface area contributed by atoms with Crippen molar-refractivity contribution < 1.29 is 27.5 Å². The highest BCUT2D eigenvalue weighted by Gasteiger charge is 2.40. The minimum atomic E-state index is -4.53. The number of halogens is 3. The Kier molecular flexibility index (Phi) is 5.91. The van der Waals surface area contributed by atoms with Gasteiger partial charge in [-0.3, -0.25) is 14.5 Å². The average Bonchev–Trinajstić information content (AvgIpc) is 3.04. The summed E-state index contributed by atoms with van der Waals surface area (Å²) >= 11 is 0. The number of imide groups is 1. The maximum Gasteiger partial charge on any atom is 0.416 e. The Morgan fingerprint density at radius 2 is 1.58 bits per heavy atom. The van der Waals surface area contributed by atoms with Crippen molar-refractivity contribution in [3.63, 3.8) is 0 Å². The number of carbonyl (C=O) groups is 2. The van der Waals surface area contributed by atoms with E-state index in [2.05, 4.69) is 5.32 Å². The summed E-state index contributed by atoms with van der Waals surface area (Å²) in [4.78, 5) is 27.6. The lowest BCUT2D eigenvalue weighted by atomic mass is 10.0. The number of hydrogen-bond acceptors (Lipinski definition) is 4. The lowest BCUT2D eigenvalue weighted by Gasteiger charge is -2.17. The molecule has 0 aromatic heterocycles. The van der Waals surface area contributed by atoms with Gasteiger partial charge >= 0.3 is 6.18 Å². The number of amides is 2. The summed E-state index contributed by atoms with van der Waals surface area (Å²) in [5, 5.41) is 3.00. The normalized spacial score (nSPS) is 14.1. The molecule has 0 saturated heterocycles. The molecule has 5 nitrogen and oxygen atoms in total. The molecule has 0 saturated carbocycles. The molecule has 168 valence electrons. The van der Waals surface area contributed by atoms with Gasteiger partial charge in [0.2, 0.25) is 0 Å². The first-order chi connectivity index (χ1) is 15.8. The molecule has 0 bridgehead atoms. The van der Waals surface area contributed by atoms with Gasteiger partial charge in [0.1, 0.15) is 11.4 Å². The lowest BCUT2D eigenvalue weighted by molar-refractivity contribution is -0.137. The van der Waals surface area contributed by atoms with Crippen LogP contribution in [0.2, 0.25) is 0 Å². The predicted molar refractivity (Wildman–Crippen MR) is 117 cm³/mol. The van der Waals surface area contributed by atoms with Gasteiger partial charge in [0.15, 0.2) is 0 Å². The zero-order chi connectivity index (χ0) is 23.6. The van der Waals surface area contributed by atoms with Crippen molar-refractivity contribution >= 4 is 23.1 Å². The van der Waals surface area contributed by atoms with Gasteiger partial charge in [-0.1, -0.05) is 54.6 Å². The van der Waals surface area contributed by atoms with Crippen LogP contribution in [0.15, 0.2) is 84.6 Å². The van der Waals surface area contributed by atoms with Crippen molar-refractivity contribution in [3.05, 3.63) is 101 Å². The smallest absolute Gasteiger partial charge is 0.416 e. The second-order valence-electron chi connectivity index (χ2n) is 7.34. The number of alkyl halides is 3. The average molecular weight is 452 g/mol. The highest BCUT2D eigenvalue weighted by Crippen LogP contribution is 2.35. The number of hydrogen-bond donors (Lipinski definition) is 1. The van der Waals surface area contributed by atoms with Crippen LogP contribution in [0.3, 0.4) is 0 Å². The quantitative estimate of drug-likeness (QED) is 0.529. The maximum absolute atomic E-state index is 13.3. The summed E-state index contributed by atoms with van der Waals surface area (Å²) in [6.07, 6.45) is -4.53. The van der Waals surface area contributed by atoms with Crippen molar-refractivity contribution in [2.24, 2.45) is 0 Å². The van der Waals surface area contributed by atoms with E-state index in [1.807, 2.05) is 0 Å². The number of para-hydroxylation sites is 2. The maximum atomic E-state index is 13.3. The number of benzene rings is 3. The van der Waals surface area contributed by atoms with Crippen molar-refractivity contribution in [1.29, 1.82) is 0 Å². The molecule has 1 heterocycles. The molecule has 8 heteroatoms. The number of carbonyl (C=O) groups excluding carboxylic acids is 2. The van der Waals surface area contributed by atoms with Gasteiger partial charge in [-0.25, -0.2) is 0 Å². The Hall–Kier alpha value is -4.07. The zero-order valence-electron chi connectivity index (χ0n) is 17.5. The fraction of sp³-hybridized carbons (Fsp3) is 0.120. The van der Waals surface area contributed by atoms with Gasteiger partial charge in [-0.2, -0.15) is 13.2 Å². The summed E-state index contributed by atoms with van der Waals surface area (Å²) in [6, 6.07) is 20.1. The largest absolute Gasteiger partial charge is 0.495 e. The Balaban J connectivity index is 1.73. The highest BCUT2D eigenvalue weighted by atomic mass is 19.4. The molecular weight excluding hydrogens is 433 g/mol. The summed E-state index contributed by atoms with van der Waals surface area (Å²) in [7, 11) is 1.48. The molecule has 0 atom stereocenters. The summed E-state index contributed by atoms with van der Waals surface area (Å²) in [6.45, 7) is -0.297. The van der Waals surface area contributed by atoms with Crippen LogP contribution in [0, 0.1) is 0 Å². The van der Waals surface area contributed by atoms with Crippen molar-refractivity contribution in [1.82, 2.24) is 4.90 Å². The number of methoxy groups -OCH3 is 1. The Bertz CT molecular complexity index is 1240.